The van der Waals surface area contributed by atoms with Crippen LogP contribution in [0.25, 0.3) is 5.83 Å². The predicted octanol–water partition coefficient (Wildman–Crippen LogP) is 3.34. The zero-order valence-electron chi connectivity index (χ0n) is 11.7. The Morgan fingerprint density at radius 3 is 2.74 bits per heavy atom. The van der Waals surface area contributed by atoms with Crippen molar-refractivity contribution in [3.63, 3.8) is 0 Å². The molecule has 0 spiro atoms. The quantitative estimate of drug-likeness (QED) is 0.838. The van der Waals surface area contributed by atoms with Crippen molar-refractivity contribution in [1.29, 1.82) is 0 Å². The number of aromatic nitrogens is 1. The number of piperidine rings is 3. The van der Waals surface area contributed by atoms with Crippen LogP contribution in [0.4, 0.5) is 4.39 Å². The minimum absolute atomic E-state index is 0.151. The molecule has 3 fully saturated rings. The molecule has 4 heteroatoms. The van der Waals surface area contributed by atoms with E-state index in [4.69, 9.17) is 4.52 Å². The van der Waals surface area contributed by atoms with Gasteiger partial charge >= 0.3 is 0 Å². The molecule has 3 saturated heterocycles. The highest BCUT2D eigenvalue weighted by atomic mass is 19.1. The van der Waals surface area contributed by atoms with E-state index in [9.17, 15) is 4.39 Å². The Morgan fingerprint density at radius 1 is 1.42 bits per heavy atom. The van der Waals surface area contributed by atoms with E-state index in [-0.39, 0.29) is 5.83 Å². The Hall–Kier alpha value is -1.16. The van der Waals surface area contributed by atoms with Gasteiger partial charge in [-0.15, -0.1) is 0 Å². The monoisotopic (exact) mass is 264 g/mol. The highest BCUT2D eigenvalue weighted by Crippen LogP contribution is 2.38. The molecule has 4 heterocycles. The van der Waals surface area contributed by atoms with Crippen molar-refractivity contribution in [1.82, 2.24) is 10.1 Å². The van der Waals surface area contributed by atoms with Crippen LogP contribution >= 0.6 is 0 Å². The number of halogens is 1. The fraction of sp³-hybridized carbons (Fsp3) is 0.667. The van der Waals surface area contributed by atoms with Crippen LogP contribution < -0.4 is 0 Å². The molecular weight excluding hydrogens is 243 g/mol. The maximum absolute atomic E-state index is 14.7. The summed E-state index contributed by atoms with van der Waals surface area (Å²) in [6.07, 6.45) is 4.02. The first kappa shape index (κ1) is 12.9. The molecule has 0 aliphatic carbocycles. The van der Waals surface area contributed by atoms with Crippen molar-refractivity contribution in [3.8, 4) is 0 Å². The third kappa shape index (κ3) is 2.22. The van der Waals surface area contributed by atoms with E-state index in [2.05, 4.69) is 17.0 Å². The van der Waals surface area contributed by atoms with Crippen molar-refractivity contribution in [2.75, 3.05) is 19.6 Å². The molecule has 0 atom stereocenters. The van der Waals surface area contributed by atoms with Gasteiger partial charge < -0.3 is 4.52 Å². The van der Waals surface area contributed by atoms with Gasteiger partial charge in [0.05, 0.1) is 5.69 Å². The first-order valence-corrected chi connectivity index (χ1v) is 7.27. The fourth-order valence-electron chi connectivity index (χ4n) is 3.25. The lowest BCUT2D eigenvalue weighted by Gasteiger charge is -2.40. The smallest absolute Gasteiger partial charge is 0.198 e. The van der Waals surface area contributed by atoms with Crippen molar-refractivity contribution >= 4 is 5.83 Å². The lowest BCUT2D eigenvalue weighted by atomic mass is 9.83. The SMILES string of the molecule is CCCc1noc(/C(F)=C2\CN3CCC2CC3)c1C. The molecule has 3 nitrogen and oxygen atoms in total. The van der Waals surface area contributed by atoms with Crippen LogP contribution in [0.5, 0.6) is 0 Å². The first-order valence-electron chi connectivity index (χ1n) is 7.27. The van der Waals surface area contributed by atoms with E-state index in [0.29, 0.717) is 11.7 Å². The molecule has 3 aliphatic rings. The minimum Gasteiger partial charge on any atom is -0.353 e. The molecule has 0 radical (unpaired) electrons. The molecule has 1 aromatic rings. The molecule has 0 N–H and O–H groups in total. The van der Waals surface area contributed by atoms with Crippen LogP contribution in [-0.2, 0) is 6.42 Å². The molecule has 0 amide bonds. The Labute approximate surface area is 113 Å². The van der Waals surface area contributed by atoms with Gasteiger partial charge in [-0.05, 0) is 50.8 Å². The lowest BCUT2D eigenvalue weighted by Crippen LogP contribution is -2.43. The average molecular weight is 264 g/mol. The zero-order valence-corrected chi connectivity index (χ0v) is 11.7. The molecular formula is C15H21FN2O. The van der Waals surface area contributed by atoms with Crippen molar-refractivity contribution in [2.24, 2.45) is 5.92 Å². The van der Waals surface area contributed by atoms with Crippen LogP contribution in [0.1, 0.15) is 43.2 Å². The van der Waals surface area contributed by atoms with Gasteiger partial charge in [-0.3, -0.25) is 4.90 Å². The van der Waals surface area contributed by atoms with E-state index in [0.717, 1.165) is 62.1 Å². The van der Waals surface area contributed by atoms with Gasteiger partial charge in [-0.25, -0.2) is 4.39 Å². The van der Waals surface area contributed by atoms with E-state index in [1.165, 1.54) is 0 Å². The average Bonchev–Trinajstić information content (AvgIpc) is 2.81. The summed E-state index contributed by atoms with van der Waals surface area (Å²) in [4.78, 5) is 2.33. The van der Waals surface area contributed by atoms with Crippen molar-refractivity contribution in [3.05, 3.63) is 22.6 Å². The summed E-state index contributed by atoms with van der Waals surface area (Å²) >= 11 is 0. The summed E-state index contributed by atoms with van der Waals surface area (Å²) in [6.45, 7) is 6.99. The molecule has 0 aromatic carbocycles. The van der Waals surface area contributed by atoms with Crippen LogP contribution in [0.3, 0.4) is 0 Å². The molecule has 19 heavy (non-hydrogen) atoms. The minimum atomic E-state index is -0.151. The molecule has 4 rings (SSSR count). The van der Waals surface area contributed by atoms with Gasteiger partial charge in [-0.2, -0.15) is 0 Å². The second-order valence-electron chi connectivity index (χ2n) is 5.72. The predicted molar refractivity (Wildman–Crippen MR) is 72.4 cm³/mol. The largest absolute Gasteiger partial charge is 0.353 e. The van der Waals surface area contributed by atoms with Gasteiger partial charge in [0, 0.05) is 12.1 Å². The zero-order chi connectivity index (χ0) is 13.4. The number of hydrogen-bond acceptors (Lipinski definition) is 3. The molecule has 1 aromatic heterocycles. The first-order chi connectivity index (χ1) is 9.20. The summed E-state index contributed by atoms with van der Waals surface area (Å²) in [5.74, 6) is 0.623. The lowest BCUT2D eigenvalue weighted by molar-refractivity contribution is 0.160. The maximum atomic E-state index is 14.7. The van der Waals surface area contributed by atoms with Crippen molar-refractivity contribution < 1.29 is 8.91 Å². The van der Waals surface area contributed by atoms with E-state index < -0.39 is 0 Å². The van der Waals surface area contributed by atoms with E-state index in [1.807, 2.05) is 6.92 Å². The Bertz CT molecular complexity index is 498. The fourth-order valence-corrected chi connectivity index (χ4v) is 3.25. The van der Waals surface area contributed by atoms with Crippen molar-refractivity contribution in [2.45, 2.75) is 39.5 Å². The number of fused-ring (bicyclic) bond motifs is 3. The van der Waals surface area contributed by atoms with Crippen LogP contribution in [-0.4, -0.2) is 29.7 Å². The summed E-state index contributed by atoms with van der Waals surface area (Å²) in [7, 11) is 0. The number of aryl methyl sites for hydroxylation is 1. The number of nitrogens with zero attached hydrogens (tertiary/aromatic N) is 2. The van der Waals surface area contributed by atoms with Gasteiger partial charge in [0.25, 0.3) is 0 Å². The molecule has 2 bridgehead atoms. The summed E-state index contributed by atoms with van der Waals surface area (Å²) in [5.41, 5.74) is 2.71. The van der Waals surface area contributed by atoms with Crippen LogP contribution in [0.2, 0.25) is 0 Å². The Morgan fingerprint density at radius 2 is 2.16 bits per heavy atom. The second-order valence-corrected chi connectivity index (χ2v) is 5.72. The number of hydrogen-bond donors (Lipinski definition) is 0. The molecule has 0 unspecified atom stereocenters. The van der Waals surface area contributed by atoms with Gasteiger partial charge in [-0.1, -0.05) is 18.5 Å². The van der Waals surface area contributed by atoms with Gasteiger partial charge in [0.2, 0.25) is 0 Å². The Kier molecular flexibility index (Phi) is 3.44. The standard InChI is InChI=1S/C15H21FN2O/c1-3-4-13-10(2)15(19-17-13)14(16)12-9-18-7-5-11(12)6-8-18/h11H,3-9H2,1-2H3/b14-12-. The molecule has 0 saturated carbocycles. The summed E-state index contributed by atoms with van der Waals surface area (Å²) < 4.78 is 20.0. The van der Waals surface area contributed by atoms with E-state index >= 15 is 0 Å². The molecule has 104 valence electrons. The van der Waals surface area contributed by atoms with Gasteiger partial charge in [0.1, 0.15) is 0 Å². The molecule has 3 aliphatic heterocycles. The van der Waals surface area contributed by atoms with Gasteiger partial charge in [0.15, 0.2) is 11.6 Å². The number of rotatable bonds is 3. The highest BCUT2D eigenvalue weighted by molar-refractivity contribution is 5.62. The highest BCUT2D eigenvalue weighted by Gasteiger charge is 2.33. The van der Waals surface area contributed by atoms with Crippen LogP contribution in [0.15, 0.2) is 10.1 Å². The second kappa shape index (κ2) is 5.08. The summed E-state index contributed by atoms with van der Waals surface area (Å²) in [5, 5.41) is 4.02. The maximum Gasteiger partial charge on any atom is 0.198 e. The summed E-state index contributed by atoms with van der Waals surface area (Å²) in [6, 6.07) is 0. The van der Waals surface area contributed by atoms with Crippen LogP contribution in [0, 0.1) is 12.8 Å². The normalized spacial score (nSPS) is 28.8. The Balaban J connectivity index is 1.93. The third-order valence-corrected chi connectivity index (χ3v) is 4.46. The topological polar surface area (TPSA) is 29.3 Å². The van der Waals surface area contributed by atoms with E-state index in [1.54, 1.807) is 0 Å². The third-order valence-electron chi connectivity index (χ3n) is 4.46.